The van der Waals surface area contributed by atoms with E-state index in [2.05, 4.69) is 37.1 Å². The molecule has 0 heterocycles. The van der Waals surface area contributed by atoms with Crippen LogP contribution in [0.3, 0.4) is 0 Å². The highest BCUT2D eigenvalue weighted by Gasteiger charge is 2.30. The van der Waals surface area contributed by atoms with Gasteiger partial charge in [-0.1, -0.05) is 18.2 Å². The summed E-state index contributed by atoms with van der Waals surface area (Å²) in [5.74, 6) is -1.95. The molecule has 41 heavy (non-hydrogen) atoms. The third kappa shape index (κ3) is 8.96. The minimum Gasteiger partial charge on any atom is -0.493 e. The van der Waals surface area contributed by atoms with E-state index in [1.165, 1.54) is 37.6 Å². The average Bonchev–Trinajstić information content (AvgIpc) is 2.93. The summed E-state index contributed by atoms with van der Waals surface area (Å²) in [6.45, 7) is 1.63. The summed E-state index contributed by atoms with van der Waals surface area (Å²) in [5, 5.41) is 8.57. The Morgan fingerprint density at radius 3 is 2.41 bits per heavy atom. The second-order valence-electron chi connectivity index (χ2n) is 8.03. The lowest BCUT2D eigenvalue weighted by Crippen LogP contribution is -2.32. The fraction of sp³-hybridized carbons (Fsp3) is 0.185. The number of benzene rings is 3. The lowest BCUT2D eigenvalue weighted by molar-refractivity contribution is -0.137. The van der Waals surface area contributed by atoms with Gasteiger partial charge in [0.1, 0.15) is 5.75 Å². The number of hydrogen-bond donors (Lipinski definition) is 3. The molecule has 3 N–H and O–H groups in total. The molecule has 0 fully saturated rings. The monoisotopic (exact) mass is 636 g/mol. The van der Waals surface area contributed by atoms with Crippen molar-refractivity contribution in [2.24, 2.45) is 5.10 Å². The zero-order valence-corrected chi connectivity index (χ0v) is 23.3. The minimum absolute atomic E-state index is 0.0414. The number of ether oxygens (including phenoxy) is 3. The van der Waals surface area contributed by atoms with Crippen LogP contribution in [0, 0.1) is 0 Å². The number of methoxy groups -OCH3 is 1. The Bertz CT molecular complexity index is 1450. The Balaban J connectivity index is 1.59. The maximum Gasteiger partial charge on any atom is 0.416 e. The molecule has 216 valence electrons. The predicted octanol–water partition coefficient (Wildman–Crippen LogP) is 4.98. The SMILES string of the molecule is CCOc1ccccc1NC(=O)C(=O)N/N=C\c1cc(Br)c(OCC(=O)Nc2cccc(C(F)(F)F)c2)c(OC)c1. The van der Waals surface area contributed by atoms with E-state index in [0.29, 0.717) is 28.1 Å². The number of alkyl halides is 3. The summed E-state index contributed by atoms with van der Waals surface area (Å²) in [7, 11) is 1.35. The summed E-state index contributed by atoms with van der Waals surface area (Å²) in [4.78, 5) is 36.7. The number of nitrogens with zero attached hydrogens (tertiary/aromatic N) is 1. The first kappa shape index (κ1) is 30.9. The van der Waals surface area contributed by atoms with Crippen molar-refractivity contribution in [3.05, 3.63) is 76.3 Å². The number of amides is 3. The highest BCUT2D eigenvalue weighted by Crippen LogP contribution is 2.36. The summed E-state index contributed by atoms with van der Waals surface area (Å²) < 4.78 is 55.3. The van der Waals surface area contributed by atoms with Crippen LogP contribution in [0.4, 0.5) is 24.5 Å². The van der Waals surface area contributed by atoms with Gasteiger partial charge in [0.05, 0.1) is 35.7 Å². The Morgan fingerprint density at radius 1 is 0.951 bits per heavy atom. The molecule has 14 heteroatoms. The van der Waals surface area contributed by atoms with E-state index < -0.39 is 36.1 Å². The number of para-hydroxylation sites is 2. The molecule has 0 saturated heterocycles. The van der Waals surface area contributed by atoms with Crippen LogP contribution in [0.1, 0.15) is 18.1 Å². The number of hydrogen-bond acceptors (Lipinski definition) is 7. The fourth-order valence-electron chi connectivity index (χ4n) is 3.31. The molecule has 0 aliphatic heterocycles. The van der Waals surface area contributed by atoms with Crippen molar-refractivity contribution >= 4 is 51.2 Å². The molecule has 0 bridgehead atoms. The van der Waals surface area contributed by atoms with E-state index in [0.717, 1.165) is 12.1 Å². The number of rotatable bonds is 10. The van der Waals surface area contributed by atoms with Crippen molar-refractivity contribution in [2.45, 2.75) is 13.1 Å². The van der Waals surface area contributed by atoms with E-state index in [1.807, 2.05) is 0 Å². The Labute approximate surface area is 241 Å². The predicted molar refractivity (Wildman–Crippen MR) is 148 cm³/mol. The smallest absolute Gasteiger partial charge is 0.416 e. The lowest BCUT2D eigenvalue weighted by Gasteiger charge is -2.14. The van der Waals surface area contributed by atoms with Gasteiger partial charge in [-0.05, 0) is 70.9 Å². The second-order valence-corrected chi connectivity index (χ2v) is 8.89. The Morgan fingerprint density at radius 2 is 1.71 bits per heavy atom. The molecule has 0 radical (unpaired) electrons. The highest BCUT2D eigenvalue weighted by molar-refractivity contribution is 9.10. The molecular formula is C27H24BrF3N4O6. The van der Waals surface area contributed by atoms with Crippen LogP contribution in [-0.2, 0) is 20.6 Å². The molecule has 0 aliphatic carbocycles. The molecule has 0 spiro atoms. The van der Waals surface area contributed by atoms with Crippen molar-refractivity contribution in [3.63, 3.8) is 0 Å². The summed E-state index contributed by atoms with van der Waals surface area (Å²) in [6.07, 6.45) is -3.30. The molecule has 3 aromatic carbocycles. The third-order valence-electron chi connectivity index (χ3n) is 5.09. The normalized spacial score (nSPS) is 11.1. The Kier molecular flexibility index (Phi) is 10.7. The molecule has 0 atom stereocenters. The van der Waals surface area contributed by atoms with Crippen LogP contribution in [0.2, 0.25) is 0 Å². The Hall–Kier alpha value is -4.59. The number of nitrogens with one attached hydrogen (secondary N) is 3. The van der Waals surface area contributed by atoms with Crippen molar-refractivity contribution in [3.8, 4) is 17.2 Å². The topological polar surface area (TPSA) is 127 Å². The molecule has 10 nitrogen and oxygen atoms in total. The minimum atomic E-state index is -4.55. The van der Waals surface area contributed by atoms with Gasteiger partial charge >= 0.3 is 18.0 Å². The molecule has 0 aromatic heterocycles. The number of hydrazone groups is 1. The molecule has 3 amide bonds. The van der Waals surface area contributed by atoms with Crippen molar-refractivity contribution in [1.29, 1.82) is 0 Å². The van der Waals surface area contributed by atoms with E-state index in [9.17, 15) is 27.6 Å². The summed E-state index contributed by atoms with van der Waals surface area (Å²) in [5.41, 5.74) is 1.93. The summed E-state index contributed by atoms with van der Waals surface area (Å²) >= 11 is 3.30. The molecule has 0 unspecified atom stereocenters. The lowest BCUT2D eigenvalue weighted by atomic mass is 10.2. The first-order chi connectivity index (χ1) is 19.5. The number of carbonyl (C=O) groups is 3. The summed E-state index contributed by atoms with van der Waals surface area (Å²) in [6, 6.07) is 13.9. The molecular weight excluding hydrogens is 613 g/mol. The van der Waals surface area contributed by atoms with E-state index in [1.54, 1.807) is 31.2 Å². The second kappa shape index (κ2) is 14.2. The highest BCUT2D eigenvalue weighted by atomic mass is 79.9. The van der Waals surface area contributed by atoms with Crippen molar-refractivity contribution in [1.82, 2.24) is 5.43 Å². The maximum absolute atomic E-state index is 12.9. The molecule has 0 saturated carbocycles. The number of anilines is 2. The van der Waals surface area contributed by atoms with Gasteiger partial charge in [0, 0.05) is 5.69 Å². The van der Waals surface area contributed by atoms with Crippen LogP contribution in [0.25, 0.3) is 0 Å². The van der Waals surface area contributed by atoms with Gasteiger partial charge in [-0.15, -0.1) is 0 Å². The van der Waals surface area contributed by atoms with Crippen LogP contribution in [0.5, 0.6) is 17.2 Å². The van der Waals surface area contributed by atoms with Gasteiger partial charge in [-0.3, -0.25) is 14.4 Å². The quantitative estimate of drug-likeness (QED) is 0.164. The van der Waals surface area contributed by atoms with E-state index in [4.69, 9.17) is 14.2 Å². The molecule has 0 aliphatic rings. The van der Waals surface area contributed by atoms with E-state index >= 15 is 0 Å². The van der Waals surface area contributed by atoms with Crippen molar-refractivity contribution in [2.75, 3.05) is 31.0 Å². The van der Waals surface area contributed by atoms with Gasteiger partial charge in [-0.2, -0.15) is 18.3 Å². The number of carbonyl (C=O) groups excluding carboxylic acids is 3. The van der Waals surface area contributed by atoms with Gasteiger partial charge < -0.3 is 24.8 Å². The van der Waals surface area contributed by atoms with Gasteiger partial charge in [0.2, 0.25) is 0 Å². The fourth-order valence-corrected chi connectivity index (χ4v) is 3.88. The van der Waals surface area contributed by atoms with Gasteiger partial charge in [0.15, 0.2) is 18.1 Å². The van der Waals surface area contributed by atoms with Crippen LogP contribution >= 0.6 is 15.9 Å². The van der Waals surface area contributed by atoms with Gasteiger partial charge in [-0.25, -0.2) is 5.43 Å². The largest absolute Gasteiger partial charge is 0.493 e. The van der Waals surface area contributed by atoms with E-state index in [-0.39, 0.29) is 17.2 Å². The molecule has 3 rings (SSSR count). The standard InChI is InChI=1S/C27H24BrF3N4O6/c1-3-40-21-10-5-4-9-20(21)34-25(37)26(38)35-32-14-16-11-19(28)24(22(12-16)39-2)41-15-23(36)33-18-8-6-7-17(13-18)27(29,30)31/h4-14H,3,15H2,1-2H3,(H,33,36)(H,34,37)(H,35,38)/b32-14-. The average molecular weight is 637 g/mol. The first-order valence-corrected chi connectivity index (χ1v) is 12.6. The van der Waals surface area contributed by atoms with Gasteiger partial charge in [0.25, 0.3) is 5.91 Å². The zero-order chi connectivity index (χ0) is 30.0. The zero-order valence-electron chi connectivity index (χ0n) is 21.7. The number of halogens is 4. The van der Waals surface area contributed by atoms with Crippen molar-refractivity contribution < 1.29 is 41.8 Å². The van der Waals surface area contributed by atoms with Crippen LogP contribution in [-0.4, -0.2) is 44.3 Å². The third-order valence-corrected chi connectivity index (χ3v) is 5.68. The first-order valence-electron chi connectivity index (χ1n) is 11.9. The van der Waals surface area contributed by atoms with Crippen LogP contribution in [0.15, 0.2) is 70.2 Å². The van der Waals surface area contributed by atoms with Crippen LogP contribution < -0.4 is 30.3 Å². The maximum atomic E-state index is 12.9. The molecule has 3 aromatic rings.